The van der Waals surface area contributed by atoms with Gasteiger partial charge in [-0.15, -0.1) is 23.5 Å². The number of thioether (sulfide) groups is 2. The maximum Gasteiger partial charge on any atom is 0.324 e. The lowest BCUT2D eigenvalue weighted by Crippen LogP contribution is -2.26. The number of nitrogens with two attached hydrogens (primary N) is 1. The van der Waals surface area contributed by atoms with Crippen molar-refractivity contribution in [2.24, 2.45) is 0 Å². The van der Waals surface area contributed by atoms with Crippen molar-refractivity contribution < 1.29 is 37.9 Å². The number of amides is 1. The van der Waals surface area contributed by atoms with Crippen LogP contribution >= 0.6 is 46.2 Å². The Balaban J connectivity index is 0.000000218. The molecule has 0 bridgehead atoms. The molecule has 0 spiro atoms. The van der Waals surface area contributed by atoms with Crippen LogP contribution in [0.5, 0.6) is 0 Å². The largest absolute Gasteiger partial charge is 0.481 e. The third-order valence-electron chi connectivity index (χ3n) is 5.32. The fourth-order valence-corrected chi connectivity index (χ4v) is 6.33. The molecule has 14 nitrogen and oxygen atoms in total. The van der Waals surface area contributed by atoms with Gasteiger partial charge in [0, 0.05) is 10.8 Å². The van der Waals surface area contributed by atoms with Crippen LogP contribution in [0.3, 0.4) is 0 Å². The molecule has 0 radical (unpaired) electrons. The maximum absolute atomic E-state index is 11.4. The molecule has 46 heavy (non-hydrogen) atoms. The van der Waals surface area contributed by atoms with Crippen LogP contribution in [-0.4, -0.2) is 48.9 Å². The molecule has 0 aliphatic carbocycles. The van der Waals surface area contributed by atoms with Crippen LogP contribution in [0.2, 0.25) is 0 Å². The Morgan fingerprint density at radius 1 is 0.848 bits per heavy atom. The molecule has 4 aromatic rings. The number of rotatable bonds is 9. The smallest absolute Gasteiger partial charge is 0.324 e. The van der Waals surface area contributed by atoms with Crippen LogP contribution in [0.4, 0.5) is 10.3 Å². The fourth-order valence-electron chi connectivity index (χ4n) is 2.97. The van der Waals surface area contributed by atoms with Gasteiger partial charge in [0.15, 0.2) is 10.3 Å². The summed E-state index contributed by atoms with van der Waals surface area (Å²) in [4.78, 5) is 57.7. The predicted octanol–water partition coefficient (Wildman–Crippen LogP) is 5.90. The number of carboxylic acid groups (broad SMARTS) is 1. The third-order valence-corrected chi connectivity index (χ3v) is 9.42. The number of aromatic nitrogens is 4. The van der Waals surface area contributed by atoms with Gasteiger partial charge < -0.3 is 29.7 Å². The van der Waals surface area contributed by atoms with Gasteiger partial charge in [-0.05, 0) is 0 Å². The number of carbonyl (C=O) groups excluding carboxylic acids is 3. The highest BCUT2D eigenvalue weighted by Crippen LogP contribution is 2.32. The normalized spacial score (nSPS) is 12.7. The van der Waals surface area contributed by atoms with Gasteiger partial charge in [-0.25, -0.2) is 19.9 Å². The Labute approximate surface area is 281 Å². The molecule has 0 aromatic carbocycles. The lowest BCUT2D eigenvalue weighted by molar-refractivity contribution is -0.174. The van der Waals surface area contributed by atoms with Gasteiger partial charge in [-0.1, -0.05) is 64.2 Å². The summed E-state index contributed by atoms with van der Waals surface area (Å²) in [5.41, 5.74) is 5.49. The molecular weight excluding hydrogens is 677 g/mol. The average molecular weight is 711 g/mol. The number of cyclic esters (lactones) is 2. The molecule has 5 heterocycles. The zero-order chi connectivity index (χ0) is 34.1. The SMILES string of the molecule is CC(C)(C)c1cnc(CSc2cnc(N)s2)o1.CC(C)(C)c1cnc(CSc2cnc(NC(=O)CC(=O)O)s2)o1.O=C1CC(=O)O1. The number of esters is 2. The lowest BCUT2D eigenvalue weighted by Gasteiger charge is -2.12. The Morgan fingerprint density at radius 3 is 1.70 bits per heavy atom. The summed E-state index contributed by atoms with van der Waals surface area (Å²) < 4.78 is 17.2. The molecule has 1 saturated heterocycles. The van der Waals surface area contributed by atoms with Gasteiger partial charge in [0.05, 0.1) is 44.7 Å². The first-order chi connectivity index (χ1) is 21.5. The van der Waals surface area contributed by atoms with Crippen LogP contribution in [-0.2, 0) is 46.3 Å². The van der Waals surface area contributed by atoms with Crippen molar-refractivity contribution in [1.29, 1.82) is 0 Å². The Kier molecular flexibility index (Phi) is 12.9. The summed E-state index contributed by atoms with van der Waals surface area (Å²) in [5, 5.41) is 12.0. The van der Waals surface area contributed by atoms with Gasteiger partial charge >= 0.3 is 17.9 Å². The molecule has 1 fully saturated rings. The highest BCUT2D eigenvalue weighted by atomic mass is 32.2. The summed E-state index contributed by atoms with van der Waals surface area (Å²) >= 11 is 5.89. The number of thiazole rings is 2. The first kappa shape index (κ1) is 36.7. The average Bonchev–Trinajstić information content (AvgIpc) is 3.73. The summed E-state index contributed by atoms with van der Waals surface area (Å²) in [7, 11) is 0. The number of nitrogens with one attached hydrogen (secondary N) is 1. The molecule has 1 aliphatic rings. The molecule has 1 amide bonds. The molecule has 0 unspecified atom stereocenters. The molecule has 1 aliphatic heterocycles. The van der Waals surface area contributed by atoms with Crippen molar-refractivity contribution in [1.82, 2.24) is 19.9 Å². The van der Waals surface area contributed by atoms with Crippen molar-refractivity contribution >= 4 is 80.3 Å². The molecule has 18 heteroatoms. The Hall–Kier alpha value is -3.74. The van der Waals surface area contributed by atoms with Crippen molar-refractivity contribution in [3.05, 3.63) is 48.1 Å². The van der Waals surface area contributed by atoms with E-state index in [0.29, 0.717) is 27.7 Å². The second-order valence-corrected chi connectivity index (χ2v) is 16.1. The first-order valence-corrected chi connectivity index (χ1v) is 17.2. The lowest BCUT2D eigenvalue weighted by atomic mass is 9.94. The van der Waals surface area contributed by atoms with E-state index < -0.39 is 30.2 Å². The van der Waals surface area contributed by atoms with Gasteiger partial charge in [0.1, 0.15) is 24.4 Å². The zero-order valence-corrected chi connectivity index (χ0v) is 29.2. The molecule has 0 atom stereocenters. The first-order valence-electron chi connectivity index (χ1n) is 13.6. The fraction of sp³-hybridized carbons (Fsp3) is 0.429. The van der Waals surface area contributed by atoms with Gasteiger partial charge in [0.25, 0.3) is 0 Å². The number of anilines is 2. The van der Waals surface area contributed by atoms with Gasteiger partial charge in [-0.2, -0.15) is 0 Å². The summed E-state index contributed by atoms with van der Waals surface area (Å²) in [5.74, 6) is 1.78. The molecule has 5 rings (SSSR count). The van der Waals surface area contributed by atoms with E-state index in [4.69, 9.17) is 19.7 Å². The van der Waals surface area contributed by atoms with Crippen molar-refractivity contribution in [3.8, 4) is 0 Å². The minimum absolute atomic E-state index is 0.00479. The summed E-state index contributed by atoms with van der Waals surface area (Å²) in [6.45, 7) is 12.5. The second kappa shape index (κ2) is 16.2. The molecule has 4 N–H and O–H groups in total. The number of ether oxygens (including phenoxy) is 1. The van der Waals surface area contributed by atoms with E-state index in [1.807, 2.05) is 0 Å². The van der Waals surface area contributed by atoms with Crippen LogP contribution < -0.4 is 11.1 Å². The van der Waals surface area contributed by atoms with E-state index >= 15 is 0 Å². The van der Waals surface area contributed by atoms with Gasteiger partial charge in [0.2, 0.25) is 17.7 Å². The number of oxazole rings is 2. The number of nitrogen functional groups attached to an aromatic ring is 1. The van der Waals surface area contributed by atoms with E-state index in [1.54, 1.807) is 36.5 Å². The number of aliphatic carboxylic acids is 1. The Bertz CT molecular complexity index is 1620. The van der Waals surface area contributed by atoms with Crippen molar-refractivity contribution in [2.75, 3.05) is 11.1 Å². The number of carbonyl (C=O) groups is 4. The highest BCUT2D eigenvalue weighted by molar-refractivity contribution is 8.00. The van der Waals surface area contributed by atoms with Crippen LogP contribution in [0.15, 0.2) is 42.0 Å². The monoisotopic (exact) mass is 710 g/mol. The second-order valence-electron chi connectivity index (χ2n) is 11.5. The standard InChI is InChI=1S/C14H17N3O4S2.C11H15N3OS2.C3H2O3/c1-14(2,3)8-5-15-10(21-8)7-22-12-6-16-13(23-12)17-9(18)4-11(19)20;1-11(2,3)7-4-13-8(15-7)6-16-9-5-14-10(12)17-9;4-2-1-3(5)6-2/h5-6H,4,7H2,1-3H3,(H,19,20)(H,16,17,18);4-5H,6H2,1-3H3,(H2,12,14);1H2. The minimum Gasteiger partial charge on any atom is -0.481 e. The number of hydrogen-bond acceptors (Lipinski definition) is 16. The van der Waals surface area contributed by atoms with E-state index in [9.17, 15) is 19.2 Å². The van der Waals surface area contributed by atoms with E-state index in [-0.39, 0.29) is 17.3 Å². The van der Waals surface area contributed by atoms with Crippen molar-refractivity contribution in [2.45, 2.75) is 85.1 Å². The molecule has 0 saturated carbocycles. The minimum atomic E-state index is -1.17. The predicted molar refractivity (Wildman–Crippen MR) is 175 cm³/mol. The number of carboxylic acids is 1. The van der Waals surface area contributed by atoms with Crippen LogP contribution in [0.25, 0.3) is 0 Å². The van der Waals surface area contributed by atoms with Crippen molar-refractivity contribution in [3.63, 3.8) is 0 Å². The summed E-state index contributed by atoms with van der Waals surface area (Å²) in [6.07, 6.45) is 6.34. The molecule has 248 valence electrons. The topological polar surface area (TPSA) is 214 Å². The maximum atomic E-state index is 11.4. The van der Waals surface area contributed by atoms with Crippen LogP contribution in [0.1, 0.15) is 77.7 Å². The Morgan fingerprint density at radius 2 is 1.33 bits per heavy atom. The molecular formula is C28H34N6O8S4. The third kappa shape index (κ3) is 12.6. The quantitative estimate of drug-likeness (QED) is 0.105. The highest BCUT2D eigenvalue weighted by Gasteiger charge is 2.24. The van der Waals surface area contributed by atoms with Gasteiger partial charge in [-0.3, -0.25) is 19.2 Å². The molecule has 4 aromatic heterocycles. The zero-order valence-electron chi connectivity index (χ0n) is 25.9. The van der Waals surface area contributed by atoms with Crippen LogP contribution in [0, 0.1) is 0 Å². The summed E-state index contributed by atoms with van der Waals surface area (Å²) in [6, 6.07) is 0. The van der Waals surface area contributed by atoms with E-state index in [1.165, 1.54) is 34.4 Å². The number of hydrogen-bond donors (Lipinski definition) is 3. The number of nitrogens with zero attached hydrogens (tertiary/aromatic N) is 4. The van der Waals surface area contributed by atoms with E-state index in [2.05, 4.69) is 71.5 Å². The van der Waals surface area contributed by atoms with E-state index in [0.717, 1.165) is 25.8 Å².